The van der Waals surface area contributed by atoms with Gasteiger partial charge in [0.15, 0.2) is 0 Å². The first kappa shape index (κ1) is 38.2. The Hall–Kier alpha value is -4.01. The number of amides is 4. The third-order valence-corrected chi connectivity index (χ3v) is 12.0. The van der Waals surface area contributed by atoms with E-state index in [9.17, 15) is 36.8 Å². The highest BCUT2D eigenvalue weighted by molar-refractivity contribution is 7.91. The van der Waals surface area contributed by atoms with Crippen molar-refractivity contribution in [3.05, 3.63) is 47.8 Å². The predicted octanol–water partition coefficient (Wildman–Crippen LogP) is 3.56. The molecule has 6 atom stereocenters. The van der Waals surface area contributed by atoms with Crippen molar-refractivity contribution in [1.82, 2.24) is 19.8 Å². The van der Waals surface area contributed by atoms with Gasteiger partial charge in [0.1, 0.15) is 29.1 Å². The van der Waals surface area contributed by atoms with Crippen LogP contribution in [0.3, 0.4) is 0 Å². The summed E-state index contributed by atoms with van der Waals surface area (Å²) in [6.45, 7) is 15.8. The van der Waals surface area contributed by atoms with Crippen LogP contribution in [0.25, 0.3) is 0 Å². The topological polar surface area (TPSA) is 168 Å². The van der Waals surface area contributed by atoms with Gasteiger partial charge in [-0.05, 0) is 57.1 Å². The molecule has 13 nitrogen and oxygen atoms in total. The van der Waals surface area contributed by atoms with Crippen LogP contribution in [-0.4, -0.2) is 83.1 Å². The molecule has 15 heteroatoms. The van der Waals surface area contributed by atoms with Gasteiger partial charge in [0, 0.05) is 23.9 Å². The Labute approximate surface area is 298 Å². The molecule has 4 aliphatic rings. The molecule has 51 heavy (non-hydrogen) atoms. The van der Waals surface area contributed by atoms with Crippen molar-refractivity contribution >= 4 is 39.8 Å². The van der Waals surface area contributed by atoms with Gasteiger partial charge in [-0.2, -0.15) is 0 Å². The van der Waals surface area contributed by atoms with E-state index in [2.05, 4.69) is 16.6 Å². The second-order valence-electron chi connectivity index (χ2n) is 16.3. The maximum Gasteiger partial charge on any atom is 0.410 e. The molecule has 1 saturated heterocycles. The number of benzene rings is 1. The van der Waals surface area contributed by atoms with Gasteiger partial charge in [0.25, 0.3) is 5.91 Å². The second kappa shape index (κ2) is 13.5. The number of hydrogen-bond donors (Lipinski definition) is 2. The number of hydrogen-bond acceptors (Lipinski definition) is 9. The molecule has 0 bridgehead atoms. The number of ether oxygens (including phenoxy) is 2. The van der Waals surface area contributed by atoms with Crippen LogP contribution in [0.4, 0.5) is 9.18 Å². The van der Waals surface area contributed by atoms with Gasteiger partial charge in [0.05, 0.1) is 30.7 Å². The predicted molar refractivity (Wildman–Crippen MR) is 183 cm³/mol. The van der Waals surface area contributed by atoms with E-state index in [1.165, 1.54) is 21.9 Å². The molecule has 0 radical (unpaired) electrons. The molecular formula is C36H49FN4O9S. The van der Waals surface area contributed by atoms with Crippen LogP contribution >= 0.6 is 0 Å². The van der Waals surface area contributed by atoms with Gasteiger partial charge < -0.3 is 19.7 Å². The Morgan fingerprint density at radius 2 is 1.76 bits per heavy atom. The van der Waals surface area contributed by atoms with Gasteiger partial charge in [-0.3, -0.25) is 28.8 Å². The number of fused-ring (bicyclic) bond motifs is 1. The van der Waals surface area contributed by atoms with Crippen LogP contribution in [0.1, 0.15) is 85.3 Å². The summed E-state index contributed by atoms with van der Waals surface area (Å²) in [5, 5.41) is 2.07. The van der Waals surface area contributed by atoms with Gasteiger partial charge in [-0.15, -0.1) is 6.58 Å². The average molecular weight is 733 g/mol. The summed E-state index contributed by atoms with van der Waals surface area (Å²) in [7, 11) is -3.94. The summed E-state index contributed by atoms with van der Waals surface area (Å²) >= 11 is 0. The monoisotopic (exact) mass is 732 g/mol. The van der Waals surface area contributed by atoms with Crippen LogP contribution < -0.4 is 10.0 Å². The molecule has 1 aromatic rings. The Kier molecular flexibility index (Phi) is 10.1. The van der Waals surface area contributed by atoms with Crippen molar-refractivity contribution in [2.24, 2.45) is 23.2 Å². The fourth-order valence-corrected chi connectivity index (χ4v) is 8.31. The summed E-state index contributed by atoms with van der Waals surface area (Å²) in [4.78, 5) is 71.3. The number of halogens is 1. The summed E-state index contributed by atoms with van der Waals surface area (Å²) < 4.78 is 53.3. The maximum absolute atomic E-state index is 14.5. The first-order valence-corrected chi connectivity index (χ1v) is 18.9. The van der Waals surface area contributed by atoms with Gasteiger partial charge in [-0.25, -0.2) is 17.6 Å². The number of likely N-dealkylation sites (tertiary alicyclic amines) is 1. The Morgan fingerprint density at radius 1 is 1.10 bits per heavy atom. The van der Waals surface area contributed by atoms with E-state index in [1.807, 2.05) is 0 Å². The van der Waals surface area contributed by atoms with Crippen molar-refractivity contribution in [3.63, 3.8) is 0 Å². The smallest absolute Gasteiger partial charge is 0.410 e. The van der Waals surface area contributed by atoms with E-state index in [-0.39, 0.29) is 32.5 Å². The van der Waals surface area contributed by atoms with Gasteiger partial charge in [-0.1, -0.05) is 45.9 Å². The fraction of sp³-hybridized carbons (Fsp3) is 0.639. The van der Waals surface area contributed by atoms with Crippen molar-refractivity contribution in [3.8, 4) is 0 Å². The molecule has 2 saturated carbocycles. The molecule has 3 fully saturated rings. The van der Waals surface area contributed by atoms with Crippen molar-refractivity contribution in [1.29, 1.82) is 0 Å². The van der Waals surface area contributed by atoms with Crippen LogP contribution in [0.15, 0.2) is 30.9 Å². The van der Waals surface area contributed by atoms with Gasteiger partial charge in [0.2, 0.25) is 21.8 Å². The molecule has 0 spiro atoms. The highest BCUT2D eigenvalue weighted by Crippen LogP contribution is 2.46. The van der Waals surface area contributed by atoms with Crippen molar-refractivity contribution in [2.45, 2.75) is 116 Å². The van der Waals surface area contributed by atoms with E-state index in [1.54, 1.807) is 60.6 Å². The molecule has 2 aliphatic carbocycles. The van der Waals surface area contributed by atoms with E-state index < -0.39 is 97.3 Å². The molecule has 2 N–H and O–H groups in total. The van der Waals surface area contributed by atoms with Gasteiger partial charge >= 0.3 is 12.1 Å². The zero-order chi connectivity index (χ0) is 37.8. The number of sulfonamides is 1. The molecule has 2 heterocycles. The average Bonchev–Trinajstić information content (AvgIpc) is 3.91. The molecular weight excluding hydrogens is 683 g/mol. The lowest BCUT2D eigenvalue weighted by atomic mass is 9.77. The van der Waals surface area contributed by atoms with Crippen LogP contribution in [0.2, 0.25) is 0 Å². The summed E-state index contributed by atoms with van der Waals surface area (Å²) in [5.41, 5.74) is -2.18. The summed E-state index contributed by atoms with van der Waals surface area (Å²) in [6, 6.07) is 3.32. The molecule has 280 valence electrons. The minimum Gasteiger partial charge on any atom is -0.460 e. The minimum atomic E-state index is -3.94. The Bertz CT molecular complexity index is 1730. The number of nitrogens with one attached hydrogen (secondary N) is 2. The molecule has 0 aromatic heterocycles. The number of rotatable bonds is 10. The van der Waals surface area contributed by atoms with Crippen LogP contribution in [0, 0.1) is 29.0 Å². The summed E-state index contributed by atoms with van der Waals surface area (Å²) in [6.07, 6.45) is 0.375. The Morgan fingerprint density at radius 3 is 2.31 bits per heavy atom. The molecule has 2 aliphatic heterocycles. The zero-order valence-corrected chi connectivity index (χ0v) is 31.1. The largest absolute Gasteiger partial charge is 0.460 e. The maximum atomic E-state index is 14.5. The molecule has 5 rings (SSSR count). The third-order valence-electron chi connectivity index (χ3n) is 10.2. The van der Waals surface area contributed by atoms with E-state index in [4.69, 9.17) is 9.47 Å². The second-order valence-corrected chi connectivity index (χ2v) is 18.3. The van der Waals surface area contributed by atoms with E-state index in [0.29, 0.717) is 24.0 Å². The third kappa shape index (κ3) is 8.07. The standard InChI is InChI=1S/C36H49FN4O9S/c1-9-22-16-36(22,32(45)39-51(47,48)23-13-14-23)38-30(43)29-20(2)27(49-33(46)40-17-21-11-10-12-26(37)24(21)18-40)19-41(29)31(44)25(34(3,4)5)15-28(42)50-35(6,7)8/h9-12,20,22-23,25,27,29H,1,13-19H2,2-8H3,(H,38,43)(H,39,45)/t20-,22+,25+,27-,29-,36+/m0/s1. The molecule has 0 unspecified atom stereocenters. The number of carbonyl (C=O) groups excluding carboxylic acids is 5. The molecule has 1 aromatic carbocycles. The highest BCUT2D eigenvalue weighted by Gasteiger charge is 2.62. The lowest BCUT2D eigenvalue weighted by molar-refractivity contribution is -0.161. The van der Waals surface area contributed by atoms with Crippen LogP contribution in [-0.2, 0) is 51.8 Å². The lowest BCUT2D eigenvalue weighted by Crippen LogP contribution is -2.58. The van der Waals surface area contributed by atoms with E-state index >= 15 is 0 Å². The number of carbonyl (C=O) groups is 5. The highest BCUT2D eigenvalue weighted by atomic mass is 32.2. The first-order valence-electron chi connectivity index (χ1n) is 17.3. The Balaban J connectivity index is 1.42. The minimum absolute atomic E-state index is 0.0131. The lowest BCUT2D eigenvalue weighted by Gasteiger charge is -2.35. The zero-order valence-electron chi connectivity index (χ0n) is 30.3. The number of nitrogens with zero attached hydrogens (tertiary/aromatic N) is 2. The SMILES string of the molecule is C=C[C@@H]1C[C@]1(NC(=O)[C@@H]1[C@@H](C)[C@@H](OC(=O)N2Cc3cccc(F)c3C2)CN1C(=O)[C@@H](CC(=O)OC(C)(C)C)C(C)(C)C)C(=O)NS(=O)(=O)C1CC1. The quantitative estimate of drug-likeness (QED) is 0.270. The fourth-order valence-electron chi connectivity index (χ4n) is 6.95. The van der Waals surface area contributed by atoms with Crippen LogP contribution in [0.5, 0.6) is 0 Å². The summed E-state index contributed by atoms with van der Waals surface area (Å²) in [5.74, 6) is -5.58. The normalized spacial score (nSPS) is 26.5. The van der Waals surface area contributed by atoms with E-state index in [0.717, 1.165) is 0 Å². The van der Waals surface area contributed by atoms with Crippen molar-refractivity contribution < 1.29 is 46.3 Å². The van der Waals surface area contributed by atoms with Crippen molar-refractivity contribution in [2.75, 3.05) is 6.54 Å². The molecule has 4 amide bonds. The number of esters is 1. The first-order chi connectivity index (χ1) is 23.6.